The Morgan fingerprint density at radius 3 is 2.72 bits per heavy atom. The Kier molecular flexibility index (Phi) is 4.40. The van der Waals surface area contributed by atoms with Crippen LogP contribution >= 0.6 is 0 Å². The highest BCUT2D eigenvalue weighted by Gasteiger charge is 2.33. The number of carbonyl (C=O) groups excluding carboxylic acids is 1. The fourth-order valence-electron chi connectivity index (χ4n) is 4.42. The molecule has 2 aliphatic heterocycles. The van der Waals surface area contributed by atoms with Crippen LogP contribution in [-0.4, -0.2) is 18.9 Å². The summed E-state index contributed by atoms with van der Waals surface area (Å²) in [6, 6.07) is 11.1. The summed E-state index contributed by atoms with van der Waals surface area (Å²) in [6.45, 7) is 4.51. The number of carbonyl (C=O) groups is 1. The molecular weight excluding hydrogens is 366 g/mol. The van der Waals surface area contributed by atoms with Crippen LogP contribution in [0.2, 0.25) is 0 Å². The Labute approximate surface area is 169 Å². The standard InChI is InChI=1S/C24H23NO4/c1-15-11-19(26)18(14-25-9-5-2-6-10-25)24-22(15)23(27)21(29-24)13-17-12-16-7-3-4-8-20(16)28-17/h3-4,7-8,11-13,26H,2,5-6,9-10,14H2,1H3/b21-13-. The average molecular weight is 389 g/mol. The van der Waals surface area contributed by atoms with Gasteiger partial charge in [0, 0.05) is 17.0 Å². The number of hydrogen-bond acceptors (Lipinski definition) is 4. The maximum Gasteiger partial charge on any atom is 0.232 e. The number of furan rings is 1. The first-order chi connectivity index (χ1) is 14.1. The van der Waals surface area contributed by atoms with Crippen LogP contribution in [0.5, 0.6) is 11.5 Å². The fraction of sp³-hybridized carbons (Fsp3) is 0.292. The lowest BCUT2D eigenvalue weighted by Crippen LogP contribution is -3.11. The number of benzene rings is 2. The molecule has 1 saturated heterocycles. The van der Waals surface area contributed by atoms with Gasteiger partial charge in [0.2, 0.25) is 5.78 Å². The minimum atomic E-state index is -0.187. The molecule has 1 aromatic heterocycles. The summed E-state index contributed by atoms with van der Waals surface area (Å²) in [6.07, 6.45) is 5.23. The van der Waals surface area contributed by atoms with Crippen LogP contribution in [-0.2, 0) is 6.54 Å². The monoisotopic (exact) mass is 389 g/mol. The number of nitrogens with one attached hydrogen (secondary N) is 1. The summed E-state index contributed by atoms with van der Waals surface area (Å²) in [7, 11) is 0. The zero-order valence-corrected chi connectivity index (χ0v) is 16.4. The van der Waals surface area contributed by atoms with Gasteiger partial charge in [-0.15, -0.1) is 0 Å². The minimum Gasteiger partial charge on any atom is -0.872 e. The van der Waals surface area contributed by atoms with E-state index < -0.39 is 0 Å². The first-order valence-electron chi connectivity index (χ1n) is 10.2. The van der Waals surface area contributed by atoms with Gasteiger partial charge >= 0.3 is 0 Å². The van der Waals surface area contributed by atoms with E-state index in [4.69, 9.17) is 9.15 Å². The molecule has 29 heavy (non-hydrogen) atoms. The number of piperidine rings is 1. The Morgan fingerprint density at radius 1 is 1.14 bits per heavy atom. The van der Waals surface area contributed by atoms with E-state index in [0.29, 0.717) is 34.7 Å². The smallest absolute Gasteiger partial charge is 0.232 e. The van der Waals surface area contributed by atoms with E-state index in [1.165, 1.54) is 24.2 Å². The maximum atomic E-state index is 13.0. The Bertz CT molecular complexity index is 1100. The number of quaternary nitrogens is 1. The number of ether oxygens (including phenoxy) is 1. The van der Waals surface area contributed by atoms with E-state index in [0.717, 1.165) is 24.1 Å². The van der Waals surface area contributed by atoms with Crippen LogP contribution in [0.4, 0.5) is 0 Å². The van der Waals surface area contributed by atoms with E-state index in [1.807, 2.05) is 30.3 Å². The van der Waals surface area contributed by atoms with Crippen LogP contribution in [0.3, 0.4) is 0 Å². The highest BCUT2D eigenvalue weighted by molar-refractivity contribution is 6.15. The molecule has 1 N–H and O–H groups in total. The fourth-order valence-corrected chi connectivity index (χ4v) is 4.42. The minimum absolute atomic E-state index is 0.0443. The number of likely N-dealkylation sites (tertiary alicyclic amines) is 1. The molecule has 5 heteroatoms. The summed E-state index contributed by atoms with van der Waals surface area (Å²) in [5.41, 5.74) is 2.55. The average Bonchev–Trinajstić information content (AvgIpc) is 3.27. The Balaban J connectivity index is 1.52. The number of ketones is 1. The summed E-state index contributed by atoms with van der Waals surface area (Å²) in [5, 5.41) is 13.7. The molecule has 0 spiro atoms. The molecule has 0 saturated carbocycles. The maximum absolute atomic E-state index is 13.0. The number of aryl methyl sites for hydroxylation is 1. The largest absolute Gasteiger partial charge is 0.872 e. The molecule has 2 aliphatic rings. The molecule has 5 nitrogen and oxygen atoms in total. The van der Waals surface area contributed by atoms with E-state index in [-0.39, 0.29) is 17.3 Å². The van der Waals surface area contributed by atoms with Crippen molar-refractivity contribution < 1.29 is 24.0 Å². The molecule has 3 heterocycles. The van der Waals surface area contributed by atoms with Gasteiger partial charge in [-0.1, -0.05) is 30.0 Å². The van der Waals surface area contributed by atoms with Crippen molar-refractivity contribution in [1.29, 1.82) is 0 Å². The van der Waals surface area contributed by atoms with Crippen molar-refractivity contribution in [3.8, 4) is 11.5 Å². The van der Waals surface area contributed by atoms with Gasteiger partial charge in [0.1, 0.15) is 23.6 Å². The van der Waals surface area contributed by atoms with Crippen molar-refractivity contribution in [3.63, 3.8) is 0 Å². The van der Waals surface area contributed by atoms with E-state index in [9.17, 15) is 9.90 Å². The normalized spacial score (nSPS) is 18.4. The second-order valence-electron chi connectivity index (χ2n) is 7.99. The third-order valence-corrected chi connectivity index (χ3v) is 5.91. The van der Waals surface area contributed by atoms with Crippen LogP contribution in [0, 0.1) is 6.92 Å². The number of para-hydroxylation sites is 1. The molecule has 1 fully saturated rings. The van der Waals surface area contributed by atoms with Crippen LogP contribution in [0.25, 0.3) is 17.0 Å². The van der Waals surface area contributed by atoms with Gasteiger partial charge in [-0.25, -0.2) is 0 Å². The molecule has 3 aromatic rings. The lowest BCUT2D eigenvalue weighted by Gasteiger charge is -2.26. The highest BCUT2D eigenvalue weighted by atomic mass is 16.5. The quantitative estimate of drug-likeness (QED) is 0.700. The lowest BCUT2D eigenvalue weighted by molar-refractivity contribution is -0.918. The van der Waals surface area contributed by atoms with Crippen molar-refractivity contribution in [2.75, 3.05) is 13.1 Å². The molecule has 0 unspecified atom stereocenters. The summed E-state index contributed by atoms with van der Waals surface area (Å²) >= 11 is 0. The van der Waals surface area contributed by atoms with Crippen LogP contribution in [0.15, 0.2) is 46.6 Å². The summed E-state index contributed by atoms with van der Waals surface area (Å²) in [5.74, 6) is 0.985. The summed E-state index contributed by atoms with van der Waals surface area (Å²) in [4.78, 5) is 14.4. The number of rotatable bonds is 3. The second-order valence-corrected chi connectivity index (χ2v) is 7.99. The first-order valence-corrected chi connectivity index (χ1v) is 10.2. The van der Waals surface area contributed by atoms with Crippen LogP contribution < -0.4 is 14.7 Å². The lowest BCUT2D eigenvalue weighted by atomic mass is 9.99. The molecule has 0 atom stereocenters. The van der Waals surface area contributed by atoms with Gasteiger partial charge in [-0.2, -0.15) is 0 Å². The van der Waals surface area contributed by atoms with Gasteiger partial charge < -0.3 is 19.2 Å². The second kappa shape index (κ2) is 7.08. The van der Waals surface area contributed by atoms with Crippen LogP contribution in [0.1, 0.15) is 46.5 Å². The van der Waals surface area contributed by atoms with E-state index >= 15 is 0 Å². The van der Waals surface area contributed by atoms with Gasteiger partial charge in [0.15, 0.2) is 5.76 Å². The molecule has 2 aromatic carbocycles. The zero-order chi connectivity index (χ0) is 20.0. The van der Waals surface area contributed by atoms with Gasteiger partial charge in [0.25, 0.3) is 0 Å². The van der Waals surface area contributed by atoms with Crippen molar-refractivity contribution in [3.05, 3.63) is 64.6 Å². The number of fused-ring (bicyclic) bond motifs is 2. The molecule has 0 amide bonds. The molecular formula is C24H23NO4. The predicted octanol–water partition coefficient (Wildman–Crippen LogP) is 3.00. The van der Waals surface area contributed by atoms with Crippen molar-refractivity contribution >= 4 is 22.8 Å². The Morgan fingerprint density at radius 2 is 1.93 bits per heavy atom. The molecule has 5 rings (SSSR count). The molecule has 0 radical (unpaired) electrons. The highest BCUT2D eigenvalue weighted by Crippen LogP contribution is 2.40. The zero-order valence-electron chi connectivity index (χ0n) is 16.4. The third kappa shape index (κ3) is 3.21. The van der Waals surface area contributed by atoms with E-state index in [1.54, 1.807) is 19.1 Å². The SMILES string of the molecule is Cc1cc([O-])c(C[NH+]2CCCCC2)c2c1C(=O)/C(=C/c1cc3ccccc3o1)O2. The third-order valence-electron chi connectivity index (χ3n) is 5.91. The Hall–Kier alpha value is -3.05. The molecule has 0 bridgehead atoms. The molecule has 148 valence electrons. The van der Waals surface area contributed by atoms with E-state index in [2.05, 4.69) is 0 Å². The van der Waals surface area contributed by atoms with Crippen molar-refractivity contribution in [2.24, 2.45) is 0 Å². The first kappa shape index (κ1) is 18.0. The van der Waals surface area contributed by atoms with Gasteiger partial charge in [-0.05, 0) is 43.9 Å². The number of Topliss-reactive ketones (excluding diaryl/α,β-unsaturated/α-hetero) is 1. The number of hydrogen-bond donors (Lipinski definition) is 1. The van der Waals surface area contributed by atoms with Gasteiger partial charge in [-0.3, -0.25) is 4.79 Å². The number of allylic oxidation sites excluding steroid dienone is 1. The summed E-state index contributed by atoms with van der Waals surface area (Å²) < 4.78 is 11.8. The van der Waals surface area contributed by atoms with Gasteiger partial charge in [0.05, 0.1) is 18.7 Å². The predicted molar refractivity (Wildman–Crippen MR) is 108 cm³/mol. The topological polar surface area (TPSA) is 66.9 Å². The van der Waals surface area contributed by atoms with Crippen molar-refractivity contribution in [1.82, 2.24) is 0 Å². The molecule has 0 aliphatic carbocycles. The van der Waals surface area contributed by atoms with Crippen molar-refractivity contribution in [2.45, 2.75) is 32.7 Å².